The third-order valence-corrected chi connectivity index (χ3v) is 3.13. The Morgan fingerprint density at radius 2 is 1.94 bits per heavy atom. The van der Waals surface area contributed by atoms with Crippen LogP contribution < -0.4 is 0 Å². The average molecular weight is 244 g/mol. The van der Waals surface area contributed by atoms with Crippen molar-refractivity contribution in [1.82, 2.24) is 4.98 Å². The summed E-state index contributed by atoms with van der Waals surface area (Å²) in [6.07, 6.45) is 1.42. The Balaban J connectivity index is 2.33. The zero-order chi connectivity index (χ0) is 11.4. The molecule has 0 radical (unpaired) electrons. The Hall–Kier alpha value is -2.00. The van der Waals surface area contributed by atoms with Gasteiger partial charge in [-0.15, -0.1) is 0 Å². The quantitative estimate of drug-likeness (QED) is 0.460. The van der Waals surface area contributed by atoms with Crippen molar-refractivity contribution in [3.05, 3.63) is 41.7 Å². The van der Waals surface area contributed by atoms with E-state index in [9.17, 15) is 0 Å². The largest absolute Gasteiger partial charge is 0.452 e. The molecule has 4 rings (SSSR count). The summed E-state index contributed by atoms with van der Waals surface area (Å²) in [4.78, 5) is 4.10. The average Bonchev–Trinajstić information content (AvgIpc) is 2.91. The molecule has 4 aromatic rings. The number of furan rings is 1. The highest BCUT2D eigenvalue weighted by atomic mass is 35.5. The van der Waals surface area contributed by atoms with Gasteiger partial charge >= 0.3 is 0 Å². The monoisotopic (exact) mass is 243 g/mol. The molecule has 0 fully saturated rings. The van der Waals surface area contributed by atoms with E-state index in [2.05, 4.69) is 4.98 Å². The van der Waals surface area contributed by atoms with Crippen molar-refractivity contribution in [3.63, 3.8) is 0 Å². The number of rotatable bonds is 0. The van der Waals surface area contributed by atoms with Gasteiger partial charge in [-0.25, -0.2) is 4.98 Å². The first-order valence-electron chi connectivity index (χ1n) is 5.17. The molecule has 2 aromatic carbocycles. The molecular weight excluding hydrogens is 238 g/mol. The van der Waals surface area contributed by atoms with E-state index in [1.807, 2.05) is 30.3 Å². The van der Waals surface area contributed by atoms with Gasteiger partial charge in [0.15, 0.2) is 17.6 Å². The lowest BCUT2D eigenvalue weighted by Crippen LogP contribution is -1.69. The minimum atomic E-state index is 0.676. The standard InChI is InChI=1S/C13H6ClNO2/c14-7-1-4-11-9(5-7)8-2-3-10-13(12(8)17-11)16-6-15-10/h1-6H. The SMILES string of the molecule is Clc1ccc2oc3c(ccc4ncoc43)c2c1. The third-order valence-electron chi connectivity index (χ3n) is 2.90. The molecule has 0 unspecified atom stereocenters. The van der Waals surface area contributed by atoms with Crippen LogP contribution in [-0.2, 0) is 0 Å². The topological polar surface area (TPSA) is 39.2 Å². The van der Waals surface area contributed by atoms with Gasteiger partial charge in [0, 0.05) is 15.8 Å². The van der Waals surface area contributed by atoms with Crippen molar-refractivity contribution >= 4 is 44.6 Å². The number of nitrogens with zero attached hydrogens (tertiary/aromatic N) is 1. The fourth-order valence-corrected chi connectivity index (χ4v) is 2.30. The summed E-state index contributed by atoms with van der Waals surface area (Å²) < 4.78 is 11.1. The molecule has 82 valence electrons. The third kappa shape index (κ3) is 1.14. The first-order valence-corrected chi connectivity index (χ1v) is 5.55. The number of aromatic nitrogens is 1. The predicted molar refractivity (Wildman–Crippen MR) is 66.3 cm³/mol. The molecule has 0 amide bonds. The van der Waals surface area contributed by atoms with Crippen molar-refractivity contribution in [2.45, 2.75) is 0 Å². The molecule has 2 aromatic heterocycles. The van der Waals surface area contributed by atoms with Gasteiger partial charge in [-0.05, 0) is 30.3 Å². The number of hydrogen-bond donors (Lipinski definition) is 0. The highest BCUT2D eigenvalue weighted by Gasteiger charge is 2.12. The lowest BCUT2D eigenvalue weighted by atomic mass is 10.1. The minimum Gasteiger partial charge on any atom is -0.452 e. The summed E-state index contributed by atoms with van der Waals surface area (Å²) in [5, 5.41) is 2.68. The number of oxazole rings is 1. The summed E-state index contributed by atoms with van der Waals surface area (Å²) in [6.45, 7) is 0. The second-order valence-electron chi connectivity index (χ2n) is 3.89. The molecule has 17 heavy (non-hydrogen) atoms. The van der Waals surface area contributed by atoms with Crippen molar-refractivity contribution in [1.29, 1.82) is 0 Å². The Bertz CT molecular complexity index is 860. The zero-order valence-electron chi connectivity index (χ0n) is 8.61. The van der Waals surface area contributed by atoms with Gasteiger partial charge in [-0.2, -0.15) is 0 Å². The van der Waals surface area contributed by atoms with Crippen molar-refractivity contribution in [3.8, 4) is 0 Å². The second-order valence-corrected chi connectivity index (χ2v) is 4.32. The van der Waals surface area contributed by atoms with Crippen LogP contribution >= 0.6 is 11.6 Å². The van der Waals surface area contributed by atoms with Crippen LogP contribution in [-0.4, -0.2) is 4.98 Å². The molecule has 3 nitrogen and oxygen atoms in total. The normalized spacial score (nSPS) is 11.8. The number of benzene rings is 2. The first kappa shape index (κ1) is 9.07. The van der Waals surface area contributed by atoms with Crippen LogP contribution in [0.4, 0.5) is 0 Å². The fourth-order valence-electron chi connectivity index (χ4n) is 2.13. The van der Waals surface area contributed by atoms with E-state index in [1.54, 1.807) is 0 Å². The lowest BCUT2D eigenvalue weighted by Gasteiger charge is -1.90. The fraction of sp³-hybridized carbons (Fsp3) is 0. The minimum absolute atomic E-state index is 0.676. The van der Waals surface area contributed by atoms with Crippen molar-refractivity contribution in [2.75, 3.05) is 0 Å². The van der Waals surface area contributed by atoms with Gasteiger partial charge < -0.3 is 8.83 Å². The molecule has 4 heteroatoms. The molecule has 0 aliphatic carbocycles. The van der Waals surface area contributed by atoms with Gasteiger partial charge in [-0.3, -0.25) is 0 Å². The zero-order valence-corrected chi connectivity index (χ0v) is 9.36. The molecule has 0 saturated carbocycles. The Labute approximate surface area is 101 Å². The highest BCUT2D eigenvalue weighted by molar-refractivity contribution is 6.31. The number of halogens is 1. The summed E-state index contributed by atoms with van der Waals surface area (Å²) in [5.74, 6) is 0. The van der Waals surface area contributed by atoms with Gasteiger partial charge in [-0.1, -0.05) is 11.6 Å². The first-order chi connectivity index (χ1) is 8.33. The summed E-state index contributed by atoms with van der Waals surface area (Å²) in [7, 11) is 0. The second kappa shape index (κ2) is 3.02. The molecule has 0 N–H and O–H groups in total. The number of hydrogen-bond acceptors (Lipinski definition) is 3. The van der Waals surface area contributed by atoms with Crippen LogP contribution in [0.25, 0.3) is 33.0 Å². The van der Waals surface area contributed by atoms with Crippen LogP contribution in [0.3, 0.4) is 0 Å². The molecule has 2 heterocycles. The lowest BCUT2D eigenvalue weighted by molar-refractivity contribution is 0.589. The molecule has 0 aliphatic heterocycles. The van der Waals surface area contributed by atoms with Crippen LogP contribution in [0.1, 0.15) is 0 Å². The van der Waals surface area contributed by atoms with Crippen LogP contribution in [0.15, 0.2) is 45.6 Å². The van der Waals surface area contributed by atoms with Crippen LogP contribution in [0.5, 0.6) is 0 Å². The van der Waals surface area contributed by atoms with E-state index >= 15 is 0 Å². The van der Waals surface area contributed by atoms with Gasteiger partial charge in [0.25, 0.3) is 0 Å². The Morgan fingerprint density at radius 3 is 2.88 bits per heavy atom. The maximum atomic E-state index is 6.00. The molecule has 0 atom stereocenters. The van der Waals surface area contributed by atoms with Gasteiger partial charge in [0.2, 0.25) is 0 Å². The van der Waals surface area contributed by atoms with Crippen LogP contribution in [0.2, 0.25) is 5.02 Å². The molecule has 0 spiro atoms. The Kier molecular flexibility index (Phi) is 1.61. The van der Waals surface area contributed by atoms with Gasteiger partial charge in [0.1, 0.15) is 11.1 Å². The van der Waals surface area contributed by atoms with E-state index in [1.165, 1.54) is 6.39 Å². The predicted octanol–water partition coefficient (Wildman–Crippen LogP) is 4.38. The maximum Gasteiger partial charge on any atom is 0.197 e. The van der Waals surface area contributed by atoms with Crippen molar-refractivity contribution in [2.24, 2.45) is 0 Å². The Morgan fingerprint density at radius 1 is 1.00 bits per heavy atom. The van der Waals surface area contributed by atoms with E-state index < -0.39 is 0 Å². The highest BCUT2D eigenvalue weighted by Crippen LogP contribution is 2.34. The summed E-state index contributed by atoms with van der Waals surface area (Å²) in [5.41, 5.74) is 2.99. The van der Waals surface area contributed by atoms with Crippen LogP contribution in [0, 0.1) is 0 Å². The van der Waals surface area contributed by atoms with E-state index in [-0.39, 0.29) is 0 Å². The van der Waals surface area contributed by atoms with E-state index in [4.69, 9.17) is 20.4 Å². The summed E-state index contributed by atoms with van der Waals surface area (Å²) in [6, 6.07) is 9.45. The number of fused-ring (bicyclic) bond motifs is 5. The summed E-state index contributed by atoms with van der Waals surface area (Å²) >= 11 is 6.00. The smallest absolute Gasteiger partial charge is 0.197 e. The molecule has 0 saturated heterocycles. The van der Waals surface area contributed by atoms with E-state index in [0.717, 1.165) is 27.5 Å². The molecular formula is C13H6ClNO2. The van der Waals surface area contributed by atoms with Crippen molar-refractivity contribution < 1.29 is 8.83 Å². The maximum absolute atomic E-state index is 6.00. The molecule has 0 bridgehead atoms. The van der Waals surface area contributed by atoms with E-state index in [0.29, 0.717) is 10.6 Å². The van der Waals surface area contributed by atoms with Gasteiger partial charge in [0.05, 0.1) is 0 Å². The molecule has 0 aliphatic rings.